The molecule has 0 aliphatic carbocycles. The second kappa shape index (κ2) is 12.8. The standard InChI is InChI=1S/C27H30O3/c28-20-10-17-26(29-21-24-13-6-2-7-14-24)27(19-18-23-11-4-1-5-12-23)30-22-25-15-8-3-9-16-25/h1-9,11-16,18-19,26-28H,10,17,20-22H2/b19-18+/t26-,27+/m1/s1. The molecular weight excluding hydrogens is 372 g/mol. The Morgan fingerprint density at radius 3 is 1.80 bits per heavy atom. The maximum Gasteiger partial charge on any atom is 0.102 e. The molecule has 0 aliphatic rings. The van der Waals surface area contributed by atoms with Gasteiger partial charge in [0.2, 0.25) is 0 Å². The predicted octanol–water partition coefficient (Wildman–Crippen LogP) is 5.64. The first-order valence-electron chi connectivity index (χ1n) is 10.5. The van der Waals surface area contributed by atoms with E-state index >= 15 is 0 Å². The van der Waals surface area contributed by atoms with Gasteiger partial charge in [-0.25, -0.2) is 0 Å². The molecule has 3 aromatic carbocycles. The fraction of sp³-hybridized carbons (Fsp3) is 0.259. The Kier molecular flexibility index (Phi) is 9.35. The minimum absolute atomic E-state index is 0.138. The van der Waals surface area contributed by atoms with E-state index in [1.54, 1.807) is 0 Å². The summed E-state index contributed by atoms with van der Waals surface area (Å²) >= 11 is 0. The monoisotopic (exact) mass is 402 g/mol. The van der Waals surface area contributed by atoms with Crippen molar-refractivity contribution in [1.29, 1.82) is 0 Å². The van der Waals surface area contributed by atoms with Gasteiger partial charge in [0.05, 0.1) is 19.3 Å². The van der Waals surface area contributed by atoms with Gasteiger partial charge in [-0.2, -0.15) is 0 Å². The first-order valence-corrected chi connectivity index (χ1v) is 10.5. The van der Waals surface area contributed by atoms with Crippen molar-refractivity contribution >= 4 is 6.08 Å². The molecule has 156 valence electrons. The molecule has 0 unspecified atom stereocenters. The van der Waals surface area contributed by atoms with Crippen molar-refractivity contribution in [2.75, 3.05) is 6.61 Å². The van der Waals surface area contributed by atoms with E-state index < -0.39 is 0 Å². The molecule has 2 atom stereocenters. The lowest BCUT2D eigenvalue weighted by Gasteiger charge is -2.26. The molecule has 3 aromatic rings. The van der Waals surface area contributed by atoms with Gasteiger partial charge in [0.1, 0.15) is 6.10 Å². The molecule has 0 aromatic heterocycles. The van der Waals surface area contributed by atoms with Crippen LogP contribution in [0.5, 0.6) is 0 Å². The number of rotatable bonds is 12. The second-order valence-electron chi connectivity index (χ2n) is 7.23. The summed E-state index contributed by atoms with van der Waals surface area (Å²) in [5, 5.41) is 9.38. The minimum Gasteiger partial charge on any atom is -0.396 e. The molecule has 0 amide bonds. The van der Waals surface area contributed by atoms with E-state index in [4.69, 9.17) is 9.47 Å². The SMILES string of the molecule is OCCC[C@@H](OCc1ccccc1)[C@H](/C=C/c1ccccc1)OCc1ccccc1. The lowest BCUT2D eigenvalue weighted by Crippen LogP contribution is -2.30. The van der Waals surface area contributed by atoms with E-state index in [0.29, 0.717) is 19.6 Å². The van der Waals surface area contributed by atoms with Crippen LogP contribution in [0.1, 0.15) is 29.5 Å². The van der Waals surface area contributed by atoms with Crippen molar-refractivity contribution in [3.05, 3.63) is 114 Å². The van der Waals surface area contributed by atoms with Crippen molar-refractivity contribution in [3.63, 3.8) is 0 Å². The largest absolute Gasteiger partial charge is 0.396 e. The quantitative estimate of drug-likeness (QED) is 0.426. The van der Waals surface area contributed by atoms with Crippen LogP contribution in [0, 0.1) is 0 Å². The molecule has 0 bridgehead atoms. The third-order valence-corrected chi connectivity index (χ3v) is 4.88. The van der Waals surface area contributed by atoms with E-state index in [0.717, 1.165) is 23.1 Å². The lowest BCUT2D eigenvalue weighted by molar-refractivity contribution is -0.0692. The van der Waals surface area contributed by atoms with E-state index in [-0.39, 0.29) is 18.8 Å². The molecular formula is C27H30O3. The third-order valence-electron chi connectivity index (χ3n) is 4.88. The van der Waals surface area contributed by atoms with Crippen molar-refractivity contribution in [2.45, 2.75) is 38.3 Å². The Bertz CT molecular complexity index is 847. The van der Waals surface area contributed by atoms with E-state index in [2.05, 4.69) is 48.6 Å². The number of benzene rings is 3. The van der Waals surface area contributed by atoms with Crippen LogP contribution in [0.25, 0.3) is 6.08 Å². The number of ether oxygens (including phenoxy) is 2. The first-order chi connectivity index (χ1) is 14.8. The van der Waals surface area contributed by atoms with E-state index in [1.165, 1.54) is 0 Å². The number of aliphatic hydroxyl groups excluding tert-OH is 1. The Balaban J connectivity index is 1.74. The van der Waals surface area contributed by atoms with Gasteiger partial charge in [-0.05, 0) is 29.5 Å². The van der Waals surface area contributed by atoms with Crippen molar-refractivity contribution in [3.8, 4) is 0 Å². The second-order valence-corrected chi connectivity index (χ2v) is 7.23. The molecule has 0 fully saturated rings. The van der Waals surface area contributed by atoms with Crippen molar-refractivity contribution < 1.29 is 14.6 Å². The Morgan fingerprint density at radius 1 is 0.700 bits per heavy atom. The molecule has 0 heterocycles. The molecule has 0 saturated heterocycles. The van der Waals surface area contributed by atoms with Gasteiger partial charge in [0, 0.05) is 6.61 Å². The average Bonchev–Trinajstić information content (AvgIpc) is 2.82. The highest BCUT2D eigenvalue weighted by Gasteiger charge is 2.21. The lowest BCUT2D eigenvalue weighted by atomic mass is 10.1. The zero-order valence-electron chi connectivity index (χ0n) is 17.3. The van der Waals surface area contributed by atoms with Crippen molar-refractivity contribution in [2.24, 2.45) is 0 Å². The van der Waals surface area contributed by atoms with E-state index in [1.807, 2.05) is 54.6 Å². The average molecular weight is 403 g/mol. The zero-order chi connectivity index (χ0) is 20.9. The van der Waals surface area contributed by atoms with Crippen LogP contribution < -0.4 is 0 Å². The van der Waals surface area contributed by atoms with Gasteiger partial charge in [0.15, 0.2) is 0 Å². The van der Waals surface area contributed by atoms with Crippen LogP contribution in [0.2, 0.25) is 0 Å². The van der Waals surface area contributed by atoms with Gasteiger partial charge in [-0.15, -0.1) is 0 Å². The normalized spacial score (nSPS) is 13.4. The summed E-state index contributed by atoms with van der Waals surface area (Å²) in [6.45, 7) is 1.16. The Labute approximate surface area is 179 Å². The molecule has 0 aliphatic heterocycles. The topological polar surface area (TPSA) is 38.7 Å². The molecule has 3 nitrogen and oxygen atoms in total. The molecule has 30 heavy (non-hydrogen) atoms. The van der Waals surface area contributed by atoms with E-state index in [9.17, 15) is 5.11 Å². The zero-order valence-corrected chi connectivity index (χ0v) is 17.3. The molecule has 0 saturated carbocycles. The van der Waals surface area contributed by atoms with Crippen LogP contribution in [0.4, 0.5) is 0 Å². The van der Waals surface area contributed by atoms with Crippen molar-refractivity contribution in [1.82, 2.24) is 0 Å². The van der Waals surface area contributed by atoms with Crippen LogP contribution in [0.15, 0.2) is 97.1 Å². The molecule has 3 heteroatoms. The fourth-order valence-corrected chi connectivity index (χ4v) is 3.24. The number of hydrogen-bond donors (Lipinski definition) is 1. The third kappa shape index (κ3) is 7.60. The van der Waals surface area contributed by atoms with Crippen LogP contribution in [-0.2, 0) is 22.7 Å². The first kappa shape index (κ1) is 22.0. The summed E-state index contributed by atoms with van der Waals surface area (Å²) < 4.78 is 12.6. The smallest absolute Gasteiger partial charge is 0.102 e. The predicted molar refractivity (Wildman–Crippen MR) is 122 cm³/mol. The highest BCUT2D eigenvalue weighted by molar-refractivity contribution is 5.49. The van der Waals surface area contributed by atoms with Crippen LogP contribution >= 0.6 is 0 Å². The van der Waals surface area contributed by atoms with Gasteiger partial charge >= 0.3 is 0 Å². The molecule has 1 N–H and O–H groups in total. The maximum absolute atomic E-state index is 9.38. The Morgan fingerprint density at radius 2 is 1.23 bits per heavy atom. The summed E-state index contributed by atoms with van der Waals surface area (Å²) in [6.07, 6.45) is 5.17. The molecule has 0 spiro atoms. The highest BCUT2D eigenvalue weighted by Crippen LogP contribution is 2.18. The maximum atomic E-state index is 9.38. The Hall–Kier alpha value is -2.72. The summed E-state index contributed by atoms with van der Waals surface area (Å²) in [5.74, 6) is 0. The van der Waals surface area contributed by atoms with Gasteiger partial charge in [-0.1, -0.05) is 103 Å². The highest BCUT2D eigenvalue weighted by atomic mass is 16.5. The molecule has 0 radical (unpaired) electrons. The van der Waals surface area contributed by atoms with Crippen LogP contribution in [0.3, 0.4) is 0 Å². The number of hydrogen-bond acceptors (Lipinski definition) is 3. The summed E-state index contributed by atoms with van der Waals surface area (Å²) in [6, 6.07) is 30.5. The van der Waals surface area contributed by atoms with Gasteiger partial charge in [0.25, 0.3) is 0 Å². The summed E-state index contributed by atoms with van der Waals surface area (Å²) in [5.41, 5.74) is 3.37. The summed E-state index contributed by atoms with van der Waals surface area (Å²) in [7, 11) is 0. The fourth-order valence-electron chi connectivity index (χ4n) is 3.24. The van der Waals surface area contributed by atoms with Crippen LogP contribution in [-0.4, -0.2) is 23.9 Å². The summed E-state index contributed by atoms with van der Waals surface area (Å²) in [4.78, 5) is 0. The molecule has 3 rings (SSSR count). The van der Waals surface area contributed by atoms with Gasteiger partial charge < -0.3 is 14.6 Å². The van der Waals surface area contributed by atoms with Gasteiger partial charge in [-0.3, -0.25) is 0 Å². The minimum atomic E-state index is -0.222. The number of aliphatic hydroxyl groups is 1.